The molecular weight excluding hydrogens is 338 g/mol. The summed E-state index contributed by atoms with van der Waals surface area (Å²) in [5, 5.41) is 4.52. The predicted octanol–water partition coefficient (Wildman–Crippen LogP) is 2.95. The Labute approximate surface area is 158 Å². The molecule has 1 N–H and O–H groups in total. The van der Waals surface area contributed by atoms with E-state index in [2.05, 4.69) is 57.4 Å². The SMILES string of the molecule is Cc1cccc(-n2cc(CN3CCC(c4cc(=O)[nH]c(C)n4)CC3)cn2)c1. The smallest absolute Gasteiger partial charge is 0.251 e. The van der Waals surface area contributed by atoms with Crippen molar-refractivity contribution in [3.8, 4) is 5.69 Å². The normalized spacial score (nSPS) is 15.9. The van der Waals surface area contributed by atoms with Gasteiger partial charge < -0.3 is 4.98 Å². The summed E-state index contributed by atoms with van der Waals surface area (Å²) in [7, 11) is 0. The highest BCUT2D eigenvalue weighted by molar-refractivity contribution is 5.35. The zero-order valence-electron chi connectivity index (χ0n) is 15.9. The van der Waals surface area contributed by atoms with Crippen molar-refractivity contribution in [2.45, 2.75) is 39.2 Å². The van der Waals surface area contributed by atoms with Crippen molar-refractivity contribution >= 4 is 0 Å². The summed E-state index contributed by atoms with van der Waals surface area (Å²) in [6, 6.07) is 10.0. The molecule has 1 aliphatic rings. The molecule has 4 rings (SSSR count). The Morgan fingerprint density at radius 2 is 2.00 bits per heavy atom. The Bertz CT molecular complexity index is 982. The lowest BCUT2D eigenvalue weighted by atomic mass is 9.93. The number of benzene rings is 1. The molecule has 0 saturated carbocycles. The number of likely N-dealkylation sites (tertiary alicyclic amines) is 1. The maximum Gasteiger partial charge on any atom is 0.251 e. The van der Waals surface area contributed by atoms with Crippen LogP contribution < -0.4 is 5.56 Å². The summed E-state index contributed by atoms with van der Waals surface area (Å²) >= 11 is 0. The van der Waals surface area contributed by atoms with Crippen molar-refractivity contribution in [2.75, 3.05) is 13.1 Å². The average molecular weight is 363 g/mol. The van der Waals surface area contributed by atoms with Crippen LogP contribution in [0.4, 0.5) is 0 Å². The van der Waals surface area contributed by atoms with Gasteiger partial charge in [0, 0.05) is 30.3 Å². The predicted molar refractivity (Wildman–Crippen MR) is 105 cm³/mol. The quantitative estimate of drug-likeness (QED) is 0.774. The minimum atomic E-state index is -0.0523. The van der Waals surface area contributed by atoms with Crippen LogP contribution in [0.25, 0.3) is 5.69 Å². The van der Waals surface area contributed by atoms with E-state index in [4.69, 9.17) is 0 Å². The number of piperidine rings is 1. The number of hydrogen-bond acceptors (Lipinski definition) is 4. The van der Waals surface area contributed by atoms with E-state index in [0.717, 1.165) is 43.9 Å². The molecule has 3 heterocycles. The number of aryl methyl sites for hydroxylation is 2. The largest absolute Gasteiger partial charge is 0.311 e. The summed E-state index contributed by atoms with van der Waals surface area (Å²) in [4.78, 5) is 21.4. The molecular formula is C21H25N5O. The molecule has 0 atom stereocenters. The Hall–Kier alpha value is -2.73. The molecule has 0 spiro atoms. The van der Waals surface area contributed by atoms with Crippen molar-refractivity contribution in [3.63, 3.8) is 0 Å². The highest BCUT2D eigenvalue weighted by Crippen LogP contribution is 2.26. The number of nitrogens with one attached hydrogen (secondary N) is 1. The lowest BCUT2D eigenvalue weighted by Crippen LogP contribution is -2.33. The molecule has 1 saturated heterocycles. The molecule has 0 aliphatic carbocycles. The third-order valence-electron chi connectivity index (χ3n) is 5.19. The van der Waals surface area contributed by atoms with Crippen LogP contribution in [0.5, 0.6) is 0 Å². The first-order valence-electron chi connectivity index (χ1n) is 9.47. The van der Waals surface area contributed by atoms with Gasteiger partial charge in [0.1, 0.15) is 5.82 Å². The van der Waals surface area contributed by atoms with Crippen LogP contribution in [0.1, 0.15) is 41.4 Å². The van der Waals surface area contributed by atoms with Gasteiger partial charge in [0.15, 0.2) is 0 Å². The fourth-order valence-corrected chi connectivity index (χ4v) is 3.81. The Morgan fingerprint density at radius 3 is 2.74 bits per heavy atom. The minimum Gasteiger partial charge on any atom is -0.311 e. The molecule has 0 radical (unpaired) electrons. The van der Waals surface area contributed by atoms with Crippen LogP contribution in [0.2, 0.25) is 0 Å². The summed E-state index contributed by atoms with van der Waals surface area (Å²) < 4.78 is 1.94. The van der Waals surface area contributed by atoms with Crippen molar-refractivity contribution in [3.05, 3.63) is 75.7 Å². The first-order valence-corrected chi connectivity index (χ1v) is 9.47. The number of H-pyrrole nitrogens is 1. The third-order valence-corrected chi connectivity index (χ3v) is 5.19. The van der Waals surface area contributed by atoms with E-state index in [1.807, 2.05) is 17.8 Å². The van der Waals surface area contributed by atoms with Gasteiger partial charge in [0.25, 0.3) is 5.56 Å². The number of aromatic nitrogens is 4. The van der Waals surface area contributed by atoms with Gasteiger partial charge in [-0.25, -0.2) is 9.67 Å². The topological polar surface area (TPSA) is 66.8 Å². The standard InChI is InChI=1S/C21H25N5O/c1-15-4-3-5-19(10-15)26-14-17(12-22-26)13-25-8-6-18(7-9-25)20-11-21(27)24-16(2)23-20/h3-5,10-12,14,18H,6-9,13H2,1-2H3,(H,23,24,27). The van der Waals surface area contributed by atoms with Crippen molar-refractivity contribution in [1.82, 2.24) is 24.6 Å². The van der Waals surface area contributed by atoms with Gasteiger partial charge in [-0.3, -0.25) is 9.69 Å². The van der Waals surface area contributed by atoms with Crippen LogP contribution in [0.3, 0.4) is 0 Å². The minimum absolute atomic E-state index is 0.0523. The molecule has 1 aliphatic heterocycles. The highest BCUT2D eigenvalue weighted by atomic mass is 16.1. The van der Waals surface area contributed by atoms with E-state index in [1.54, 1.807) is 6.07 Å². The van der Waals surface area contributed by atoms with Crippen LogP contribution in [0, 0.1) is 13.8 Å². The molecule has 1 aromatic carbocycles. The van der Waals surface area contributed by atoms with Gasteiger partial charge in [-0.2, -0.15) is 5.10 Å². The Balaban J connectivity index is 1.38. The molecule has 1 fully saturated rings. The lowest BCUT2D eigenvalue weighted by molar-refractivity contribution is 0.203. The molecule has 27 heavy (non-hydrogen) atoms. The second-order valence-corrected chi connectivity index (χ2v) is 7.44. The molecule has 0 unspecified atom stereocenters. The van der Waals surface area contributed by atoms with Crippen LogP contribution in [0.15, 0.2) is 47.5 Å². The zero-order valence-corrected chi connectivity index (χ0v) is 15.9. The first kappa shape index (κ1) is 17.7. The van der Waals surface area contributed by atoms with Crippen molar-refractivity contribution in [2.24, 2.45) is 0 Å². The van der Waals surface area contributed by atoms with E-state index in [1.165, 1.54) is 11.1 Å². The summed E-state index contributed by atoms with van der Waals surface area (Å²) in [6.07, 6.45) is 6.13. The summed E-state index contributed by atoms with van der Waals surface area (Å²) in [5.41, 5.74) is 4.43. The van der Waals surface area contributed by atoms with Gasteiger partial charge >= 0.3 is 0 Å². The maximum atomic E-state index is 11.7. The van der Waals surface area contributed by atoms with E-state index in [0.29, 0.717) is 11.7 Å². The van der Waals surface area contributed by atoms with Crippen LogP contribution in [-0.2, 0) is 6.54 Å². The first-order chi connectivity index (χ1) is 13.1. The second kappa shape index (κ2) is 7.48. The fourth-order valence-electron chi connectivity index (χ4n) is 3.81. The third kappa shape index (κ3) is 4.17. The molecule has 0 amide bonds. The zero-order chi connectivity index (χ0) is 18.8. The van der Waals surface area contributed by atoms with Gasteiger partial charge in [-0.15, -0.1) is 0 Å². The average Bonchev–Trinajstić information content (AvgIpc) is 3.10. The molecule has 6 nitrogen and oxygen atoms in total. The fraction of sp³-hybridized carbons (Fsp3) is 0.381. The number of rotatable bonds is 4. The molecule has 140 valence electrons. The van der Waals surface area contributed by atoms with Crippen LogP contribution >= 0.6 is 0 Å². The van der Waals surface area contributed by atoms with Crippen LogP contribution in [-0.4, -0.2) is 37.7 Å². The molecule has 2 aromatic heterocycles. The number of nitrogens with zero attached hydrogens (tertiary/aromatic N) is 4. The molecule has 3 aromatic rings. The van der Waals surface area contributed by atoms with E-state index in [9.17, 15) is 4.79 Å². The monoisotopic (exact) mass is 363 g/mol. The van der Waals surface area contributed by atoms with Gasteiger partial charge in [0.05, 0.1) is 17.6 Å². The van der Waals surface area contributed by atoms with E-state index < -0.39 is 0 Å². The highest BCUT2D eigenvalue weighted by Gasteiger charge is 2.22. The Morgan fingerprint density at radius 1 is 1.19 bits per heavy atom. The maximum absolute atomic E-state index is 11.7. The van der Waals surface area contributed by atoms with Gasteiger partial charge in [0.2, 0.25) is 0 Å². The number of hydrogen-bond donors (Lipinski definition) is 1. The summed E-state index contributed by atoms with van der Waals surface area (Å²) in [6.45, 7) is 6.85. The van der Waals surface area contributed by atoms with Gasteiger partial charge in [-0.1, -0.05) is 12.1 Å². The van der Waals surface area contributed by atoms with Crippen molar-refractivity contribution < 1.29 is 0 Å². The lowest BCUT2D eigenvalue weighted by Gasteiger charge is -2.31. The molecule has 6 heteroatoms. The number of aromatic amines is 1. The van der Waals surface area contributed by atoms with E-state index in [-0.39, 0.29) is 5.56 Å². The van der Waals surface area contributed by atoms with E-state index >= 15 is 0 Å². The Kier molecular flexibility index (Phi) is 4.90. The van der Waals surface area contributed by atoms with Crippen molar-refractivity contribution in [1.29, 1.82) is 0 Å². The molecule has 0 bridgehead atoms. The van der Waals surface area contributed by atoms with Gasteiger partial charge in [-0.05, 0) is 57.5 Å². The second-order valence-electron chi connectivity index (χ2n) is 7.44. The summed E-state index contributed by atoms with van der Waals surface area (Å²) in [5.74, 6) is 1.07.